The van der Waals surface area contributed by atoms with Gasteiger partial charge in [0.2, 0.25) is 0 Å². The van der Waals surface area contributed by atoms with Crippen molar-refractivity contribution in [1.82, 2.24) is 14.9 Å². The number of nitrogens with zero attached hydrogens (tertiary/aromatic N) is 2. The molecule has 21 heavy (non-hydrogen) atoms. The first kappa shape index (κ1) is 16.1. The van der Waals surface area contributed by atoms with Gasteiger partial charge in [-0.05, 0) is 25.6 Å². The molecule has 0 unspecified atom stereocenters. The molecule has 0 radical (unpaired) electrons. The molecule has 0 fully saturated rings. The summed E-state index contributed by atoms with van der Waals surface area (Å²) < 4.78 is 8.00. The molecule has 114 valence electrons. The van der Waals surface area contributed by atoms with Crippen LogP contribution in [0.3, 0.4) is 0 Å². The average Bonchev–Trinajstić information content (AvgIpc) is 2.86. The van der Waals surface area contributed by atoms with Crippen LogP contribution in [0.5, 0.6) is 5.75 Å². The van der Waals surface area contributed by atoms with Gasteiger partial charge in [-0.3, -0.25) is 0 Å². The largest absolute Gasteiger partial charge is 0.485 e. The maximum absolute atomic E-state index is 6.25. The number of ether oxygens (including phenoxy) is 1. The van der Waals surface area contributed by atoms with Gasteiger partial charge in [0, 0.05) is 23.7 Å². The van der Waals surface area contributed by atoms with E-state index in [2.05, 4.69) is 21.8 Å². The van der Waals surface area contributed by atoms with E-state index in [0.717, 1.165) is 24.2 Å². The van der Waals surface area contributed by atoms with Gasteiger partial charge in [0.1, 0.15) is 12.4 Å². The standard InChI is InChI=1S/C15H19Cl2N3O/c1-3-4-20-10-19-8-13(20)9-21-15-11(7-18-2)5-12(16)6-14(15)17/h5-6,8,10,18H,3-4,7,9H2,1-2H3. The molecule has 1 aromatic heterocycles. The minimum atomic E-state index is 0.429. The Labute approximate surface area is 135 Å². The summed E-state index contributed by atoms with van der Waals surface area (Å²) in [5.41, 5.74) is 1.97. The molecule has 0 aliphatic heterocycles. The van der Waals surface area contributed by atoms with Crippen LogP contribution in [0.15, 0.2) is 24.7 Å². The Morgan fingerprint density at radius 1 is 1.33 bits per heavy atom. The molecule has 2 aromatic rings. The van der Waals surface area contributed by atoms with Crippen LogP contribution in [0.25, 0.3) is 0 Å². The number of hydrogen-bond donors (Lipinski definition) is 1. The second-order valence-corrected chi connectivity index (χ2v) is 5.62. The lowest BCUT2D eigenvalue weighted by molar-refractivity contribution is 0.291. The van der Waals surface area contributed by atoms with Crippen LogP contribution in [0.2, 0.25) is 10.0 Å². The molecule has 6 heteroatoms. The quantitative estimate of drug-likeness (QED) is 0.838. The number of nitrogens with one attached hydrogen (secondary N) is 1. The van der Waals surface area contributed by atoms with Crippen LogP contribution < -0.4 is 10.1 Å². The van der Waals surface area contributed by atoms with Gasteiger partial charge in [-0.25, -0.2) is 4.98 Å². The zero-order chi connectivity index (χ0) is 15.2. The summed E-state index contributed by atoms with van der Waals surface area (Å²) in [6, 6.07) is 3.56. The highest BCUT2D eigenvalue weighted by Crippen LogP contribution is 2.33. The van der Waals surface area contributed by atoms with Crippen LogP contribution in [-0.4, -0.2) is 16.6 Å². The average molecular weight is 328 g/mol. The number of rotatable bonds is 7. The molecule has 4 nitrogen and oxygen atoms in total. The fraction of sp³-hybridized carbons (Fsp3) is 0.400. The van der Waals surface area contributed by atoms with Gasteiger partial charge >= 0.3 is 0 Å². The summed E-state index contributed by atoms with van der Waals surface area (Å²) in [6.07, 6.45) is 4.69. The molecule has 0 aliphatic rings. The van der Waals surface area contributed by atoms with Crippen molar-refractivity contribution in [2.24, 2.45) is 0 Å². The minimum absolute atomic E-state index is 0.429. The summed E-state index contributed by atoms with van der Waals surface area (Å²) in [5.74, 6) is 0.666. The fourth-order valence-electron chi connectivity index (χ4n) is 2.15. The third kappa shape index (κ3) is 4.13. The van der Waals surface area contributed by atoms with E-state index in [1.54, 1.807) is 6.07 Å². The number of benzene rings is 1. The second-order valence-electron chi connectivity index (χ2n) is 4.77. The fourth-order valence-corrected chi connectivity index (χ4v) is 2.74. The second kappa shape index (κ2) is 7.69. The van der Waals surface area contributed by atoms with E-state index in [4.69, 9.17) is 27.9 Å². The minimum Gasteiger partial charge on any atom is -0.485 e. The molecule has 0 amide bonds. The van der Waals surface area contributed by atoms with Crippen molar-refractivity contribution in [1.29, 1.82) is 0 Å². The summed E-state index contributed by atoms with van der Waals surface area (Å²) in [4.78, 5) is 4.16. The van der Waals surface area contributed by atoms with Crippen LogP contribution in [0.4, 0.5) is 0 Å². The third-order valence-corrected chi connectivity index (χ3v) is 3.58. The van der Waals surface area contributed by atoms with Crippen LogP contribution in [-0.2, 0) is 19.7 Å². The first-order valence-electron chi connectivity index (χ1n) is 6.90. The maximum atomic E-state index is 6.25. The molecule has 0 aliphatic carbocycles. The number of hydrogen-bond acceptors (Lipinski definition) is 3. The van der Waals surface area contributed by atoms with Gasteiger partial charge in [-0.1, -0.05) is 30.1 Å². The van der Waals surface area contributed by atoms with E-state index in [1.165, 1.54) is 0 Å². The normalized spacial score (nSPS) is 10.9. The van der Waals surface area contributed by atoms with Crippen molar-refractivity contribution in [2.75, 3.05) is 7.05 Å². The van der Waals surface area contributed by atoms with Gasteiger partial charge in [-0.2, -0.15) is 0 Å². The lowest BCUT2D eigenvalue weighted by Crippen LogP contribution is -2.10. The van der Waals surface area contributed by atoms with Crippen molar-refractivity contribution >= 4 is 23.2 Å². The highest BCUT2D eigenvalue weighted by atomic mass is 35.5. The van der Waals surface area contributed by atoms with Gasteiger partial charge in [-0.15, -0.1) is 0 Å². The van der Waals surface area contributed by atoms with Crippen molar-refractivity contribution in [2.45, 2.75) is 33.0 Å². The lowest BCUT2D eigenvalue weighted by Gasteiger charge is -2.14. The SMILES string of the molecule is CCCn1cncc1COc1c(Cl)cc(Cl)cc1CNC. The van der Waals surface area contributed by atoms with Crippen LogP contribution in [0.1, 0.15) is 24.6 Å². The van der Waals surface area contributed by atoms with Gasteiger partial charge in [0.25, 0.3) is 0 Å². The number of aromatic nitrogens is 2. The molecule has 0 saturated heterocycles. The molecular formula is C15H19Cl2N3O. The lowest BCUT2D eigenvalue weighted by atomic mass is 10.2. The summed E-state index contributed by atoms with van der Waals surface area (Å²) >= 11 is 12.3. The zero-order valence-electron chi connectivity index (χ0n) is 12.2. The van der Waals surface area contributed by atoms with E-state index >= 15 is 0 Å². The van der Waals surface area contributed by atoms with Gasteiger partial charge in [0.15, 0.2) is 0 Å². The molecule has 1 N–H and O–H groups in total. The highest BCUT2D eigenvalue weighted by Gasteiger charge is 2.12. The molecular weight excluding hydrogens is 309 g/mol. The monoisotopic (exact) mass is 327 g/mol. The number of aryl methyl sites for hydroxylation is 1. The predicted octanol–water partition coefficient (Wildman–Crippen LogP) is 3.90. The zero-order valence-corrected chi connectivity index (χ0v) is 13.7. The molecule has 0 atom stereocenters. The topological polar surface area (TPSA) is 39.1 Å². The maximum Gasteiger partial charge on any atom is 0.143 e. The Hall–Kier alpha value is -1.23. The smallest absolute Gasteiger partial charge is 0.143 e. The van der Waals surface area contributed by atoms with Crippen LogP contribution in [0, 0.1) is 0 Å². The van der Waals surface area contributed by atoms with Crippen molar-refractivity contribution in [3.05, 3.63) is 46.0 Å². The summed E-state index contributed by atoms with van der Waals surface area (Å²) in [5, 5.41) is 4.22. The van der Waals surface area contributed by atoms with Crippen molar-refractivity contribution in [3.8, 4) is 5.75 Å². The molecule has 1 heterocycles. The van der Waals surface area contributed by atoms with E-state index in [0.29, 0.717) is 28.9 Å². The van der Waals surface area contributed by atoms with E-state index < -0.39 is 0 Å². The first-order valence-corrected chi connectivity index (χ1v) is 7.65. The van der Waals surface area contributed by atoms with Crippen molar-refractivity contribution < 1.29 is 4.74 Å². The molecule has 2 rings (SSSR count). The predicted molar refractivity (Wildman–Crippen MR) is 86.1 cm³/mol. The molecule has 1 aromatic carbocycles. The van der Waals surface area contributed by atoms with E-state index in [-0.39, 0.29) is 0 Å². The summed E-state index contributed by atoms with van der Waals surface area (Å²) in [6.45, 7) is 4.13. The van der Waals surface area contributed by atoms with Gasteiger partial charge in [0.05, 0.1) is 23.2 Å². The van der Waals surface area contributed by atoms with Crippen LogP contribution >= 0.6 is 23.2 Å². The molecule has 0 spiro atoms. The molecule has 0 saturated carbocycles. The third-order valence-electron chi connectivity index (χ3n) is 3.08. The number of imidazole rings is 1. The molecule has 0 bridgehead atoms. The Balaban J connectivity index is 2.17. The Kier molecular flexibility index (Phi) is 5.91. The number of halogens is 2. The Morgan fingerprint density at radius 2 is 2.14 bits per heavy atom. The highest BCUT2D eigenvalue weighted by molar-refractivity contribution is 6.35. The first-order chi connectivity index (χ1) is 10.2. The van der Waals surface area contributed by atoms with Crippen molar-refractivity contribution in [3.63, 3.8) is 0 Å². The Bertz CT molecular complexity index is 599. The van der Waals surface area contributed by atoms with Gasteiger partial charge < -0.3 is 14.6 Å². The van der Waals surface area contributed by atoms with E-state index in [1.807, 2.05) is 25.6 Å². The Morgan fingerprint density at radius 3 is 2.86 bits per heavy atom. The summed E-state index contributed by atoms with van der Waals surface area (Å²) in [7, 11) is 1.87. The van der Waals surface area contributed by atoms with E-state index in [9.17, 15) is 0 Å².